The van der Waals surface area contributed by atoms with Gasteiger partial charge in [0.25, 0.3) is 0 Å². The summed E-state index contributed by atoms with van der Waals surface area (Å²) in [7, 11) is 0. The number of rotatable bonds is 6. The number of nitrogens with zero attached hydrogens (tertiary/aromatic N) is 2. The first-order valence-electron chi connectivity index (χ1n) is 12.6. The molecule has 1 saturated heterocycles. The molecule has 0 spiro atoms. The molecule has 1 aliphatic carbocycles. The first-order chi connectivity index (χ1) is 16.4. The Morgan fingerprint density at radius 3 is 2.85 bits per heavy atom. The molecule has 3 heterocycles. The minimum absolute atomic E-state index is 0.0658. The summed E-state index contributed by atoms with van der Waals surface area (Å²) in [6.07, 6.45) is 5.01. The number of fused-ring (bicyclic) bond motifs is 2. The number of benzene rings is 1. The van der Waals surface area contributed by atoms with Crippen molar-refractivity contribution in [3.8, 4) is 11.4 Å². The number of aliphatic hydroxyl groups is 1. The Morgan fingerprint density at radius 1 is 1.29 bits per heavy atom. The summed E-state index contributed by atoms with van der Waals surface area (Å²) < 4.78 is 5.47. The van der Waals surface area contributed by atoms with E-state index in [1.165, 1.54) is 11.3 Å². The highest BCUT2D eigenvalue weighted by Crippen LogP contribution is 2.38. The molecular weight excluding hydrogens is 428 g/mol. The number of H-pyrrole nitrogens is 2. The van der Waals surface area contributed by atoms with E-state index in [1.807, 2.05) is 25.1 Å². The summed E-state index contributed by atoms with van der Waals surface area (Å²) in [5, 5.41) is 18.7. The number of ether oxygens (including phenoxy) is 1. The van der Waals surface area contributed by atoms with Crippen LogP contribution in [0.1, 0.15) is 51.3 Å². The number of anilines is 1. The van der Waals surface area contributed by atoms with Crippen molar-refractivity contribution < 1.29 is 14.6 Å². The highest BCUT2D eigenvalue weighted by molar-refractivity contribution is 5.98. The molecular formula is C27H36N4O3. The van der Waals surface area contributed by atoms with Gasteiger partial charge in [-0.1, -0.05) is 26.8 Å². The summed E-state index contributed by atoms with van der Waals surface area (Å²) in [6, 6.07) is 8.18. The van der Waals surface area contributed by atoms with Crippen LogP contribution < -0.4 is 4.90 Å². The number of aromatic amines is 2. The van der Waals surface area contributed by atoms with E-state index in [0.29, 0.717) is 24.5 Å². The quantitative estimate of drug-likeness (QED) is 0.502. The van der Waals surface area contributed by atoms with Gasteiger partial charge in [0.1, 0.15) is 5.69 Å². The Hall–Kier alpha value is -2.64. The Bertz CT molecular complexity index is 1170. The zero-order valence-electron chi connectivity index (χ0n) is 20.5. The van der Waals surface area contributed by atoms with E-state index in [4.69, 9.17) is 4.74 Å². The summed E-state index contributed by atoms with van der Waals surface area (Å²) in [4.78, 5) is 18.7. The van der Waals surface area contributed by atoms with Crippen LogP contribution in [0.4, 0.5) is 5.69 Å². The molecule has 7 nitrogen and oxygen atoms in total. The number of hydrogen-bond donors (Lipinski definition) is 3. The molecule has 1 aromatic carbocycles. The number of hydrogen-bond acceptors (Lipinski definition) is 4. The second-order valence-corrected chi connectivity index (χ2v) is 10.8. The monoisotopic (exact) mass is 464 g/mol. The predicted octanol–water partition coefficient (Wildman–Crippen LogP) is 4.46. The van der Waals surface area contributed by atoms with Gasteiger partial charge in [0.15, 0.2) is 0 Å². The molecule has 2 aromatic heterocycles. The molecule has 1 amide bonds. The molecule has 7 heteroatoms. The van der Waals surface area contributed by atoms with Crippen LogP contribution in [0, 0.1) is 17.3 Å². The molecule has 0 saturated carbocycles. The van der Waals surface area contributed by atoms with Gasteiger partial charge in [0.2, 0.25) is 5.91 Å². The number of aliphatic hydroxyl groups excluding tert-OH is 1. The van der Waals surface area contributed by atoms with E-state index >= 15 is 0 Å². The van der Waals surface area contributed by atoms with Crippen molar-refractivity contribution in [1.82, 2.24) is 15.2 Å². The third-order valence-corrected chi connectivity index (χ3v) is 7.78. The van der Waals surface area contributed by atoms with Gasteiger partial charge in [-0.15, -0.1) is 0 Å². The summed E-state index contributed by atoms with van der Waals surface area (Å²) in [6.45, 7) is 8.27. The van der Waals surface area contributed by atoms with Crippen molar-refractivity contribution in [2.24, 2.45) is 17.3 Å². The maximum atomic E-state index is 13.4. The Labute approximate surface area is 200 Å². The lowest BCUT2D eigenvalue weighted by Gasteiger charge is -2.31. The van der Waals surface area contributed by atoms with E-state index in [0.717, 1.165) is 60.1 Å². The smallest absolute Gasteiger partial charge is 0.230 e. The van der Waals surface area contributed by atoms with Gasteiger partial charge in [-0.2, -0.15) is 5.10 Å². The average molecular weight is 465 g/mol. The molecule has 0 radical (unpaired) electrons. The van der Waals surface area contributed by atoms with Crippen molar-refractivity contribution in [3.63, 3.8) is 0 Å². The molecule has 2 aliphatic rings. The normalized spacial score (nSPS) is 19.2. The lowest BCUT2D eigenvalue weighted by Crippen LogP contribution is -2.41. The molecule has 1 fully saturated rings. The van der Waals surface area contributed by atoms with Crippen LogP contribution in [0.25, 0.3) is 22.3 Å². The minimum atomic E-state index is -0.106. The van der Waals surface area contributed by atoms with Crippen LogP contribution in [0.3, 0.4) is 0 Å². The lowest BCUT2D eigenvalue weighted by molar-refractivity contribution is -0.124. The minimum Gasteiger partial charge on any atom is -0.395 e. The first kappa shape index (κ1) is 23.1. The Balaban J connectivity index is 1.42. The molecule has 1 atom stereocenters. The fourth-order valence-corrected chi connectivity index (χ4v) is 5.61. The van der Waals surface area contributed by atoms with Gasteiger partial charge in [0, 0.05) is 53.5 Å². The number of carbonyl (C=O) groups excluding carboxylic acids is 1. The topological polar surface area (TPSA) is 94.2 Å². The lowest BCUT2D eigenvalue weighted by atomic mass is 9.76. The third-order valence-electron chi connectivity index (χ3n) is 7.78. The SMILES string of the molecule is CC(C(=O)N(CCO)c1ccc2cc(-c3n[nH]c4c3CCC(C)(C)C4)[nH]c2c1)C1CCOCC1. The zero-order valence-corrected chi connectivity index (χ0v) is 20.5. The maximum absolute atomic E-state index is 13.4. The molecule has 1 aliphatic heterocycles. The van der Waals surface area contributed by atoms with Crippen molar-refractivity contribution >= 4 is 22.5 Å². The van der Waals surface area contributed by atoms with Gasteiger partial charge in [-0.05, 0) is 61.6 Å². The number of amides is 1. The second kappa shape index (κ2) is 9.19. The summed E-state index contributed by atoms with van der Waals surface area (Å²) >= 11 is 0. The largest absolute Gasteiger partial charge is 0.395 e. The molecule has 0 bridgehead atoms. The maximum Gasteiger partial charge on any atom is 0.230 e. The van der Waals surface area contributed by atoms with Crippen LogP contribution in [0.15, 0.2) is 24.3 Å². The fourth-order valence-electron chi connectivity index (χ4n) is 5.61. The van der Waals surface area contributed by atoms with Crippen molar-refractivity contribution in [2.45, 2.75) is 52.9 Å². The van der Waals surface area contributed by atoms with Gasteiger partial charge in [0.05, 0.1) is 12.3 Å². The van der Waals surface area contributed by atoms with E-state index in [9.17, 15) is 9.90 Å². The Morgan fingerprint density at radius 2 is 2.09 bits per heavy atom. The molecule has 3 N–H and O–H groups in total. The van der Waals surface area contributed by atoms with E-state index in [-0.39, 0.29) is 25.0 Å². The molecule has 5 rings (SSSR count). The summed E-state index contributed by atoms with van der Waals surface area (Å²) in [5.41, 5.74) is 6.64. The number of aromatic nitrogens is 3. The second-order valence-electron chi connectivity index (χ2n) is 10.8. The van der Waals surface area contributed by atoms with E-state index in [1.54, 1.807) is 4.90 Å². The molecule has 3 aromatic rings. The van der Waals surface area contributed by atoms with Crippen LogP contribution in [-0.4, -0.2) is 52.6 Å². The fraction of sp³-hybridized carbons (Fsp3) is 0.556. The first-order valence-corrected chi connectivity index (χ1v) is 12.6. The predicted molar refractivity (Wildman–Crippen MR) is 134 cm³/mol. The Kier molecular flexibility index (Phi) is 6.25. The van der Waals surface area contributed by atoms with Crippen LogP contribution in [-0.2, 0) is 22.4 Å². The van der Waals surface area contributed by atoms with Gasteiger partial charge < -0.3 is 19.7 Å². The van der Waals surface area contributed by atoms with Crippen LogP contribution >= 0.6 is 0 Å². The third kappa shape index (κ3) is 4.39. The van der Waals surface area contributed by atoms with Crippen LogP contribution in [0.5, 0.6) is 0 Å². The van der Waals surface area contributed by atoms with Gasteiger partial charge >= 0.3 is 0 Å². The highest BCUT2D eigenvalue weighted by atomic mass is 16.5. The van der Waals surface area contributed by atoms with Gasteiger partial charge in [-0.3, -0.25) is 9.89 Å². The van der Waals surface area contributed by atoms with Crippen molar-refractivity contribution in [3.05, 3.63) is 35.5 Å². The highest BCUT2D eigenvalue weighted by Gasteiger charge is 2.31. The number of nitrogens with one attached hydrogen (secondary N) is 2. The van der Waals surface area contributed by atoms with Crippen molar-refractivity contribution in [2.75, 3.05) is 31.3 Å². The number of carbonyl (C=O) groups is 1. The molecule has 182 valence electrons. The zero-order chi connectivity index (χ0) is 23.9. The van der Waals surface area contributed by atoms with E-state index in [2.05, 4.69) is 35.1 Å². The van der Waals surface area contributed by atoms with Crippen molar-refractivity contribution in [1.29, 1.82) is 0 Å². The van der Waals surface area contributed by atoms with Gasteiger partial charge in [-0.25, -0.2) is 0 Å². The average Bonchev–Trinajstić information content (AvgIpc) is 3.44. The van der Waals surface area contributed by atoms with E-state index < -0.39 is 0 Å². The summed E-state index contributed by atoms with van der Waals surface area (Å²) in [5.74, 6) is 0.278. The molecule has 34 heavy (non-hydrogen) atoms. The molecule has 1 unspecified atom stereocenters. The standard InChI is InChI=1S/C27H36N4O3/c1-17(18-7-12-34-13-8-18)26(33)31(10-11-32)20-5-4-19-14-23(28-22(19)15-20)25-21-6-9-27(2,3)16-24(21)29-30-25/h4-5,14-15,17-18,28,32H,6-13,16H2,1-3H3,(H,29,30). The van der Waals surface area contributed by atoms with Crippen LogP contribution in [0.2, 0.25) is 0 Å².